The van der Waals surface area contributed by atoms with E-state index in [1.807, 2.05) is 0 Å². The molecule has 0 spiro atoms. The van der Waals surface area contributed by atoms with Crippen LogP contribution >= 0.6 is 23.4 Å². The number of thioether (sulfide) groups is 1. The smallest absolute Gasteiger partial charge is 0.240 e. The summed E-state index contributed by atoms with van der Waals surface area (Å²) in [4.78, 5) is 12.7. The second kappa shape index (κ2) is 9.91. The molecule has 1 amide bonds. The average molecular weight is 417 g/mol. The summed E-state index contributed by atoms with van der Waals surface area (Å²) in [5.74, 6) is 0.0694. The van der Waals surface area contributed by atoms with Gasteiger partial charge in [-0.3, -0.25) is 4.79 Å². The van der Waals surface area contributed by atoms with Gasteiger partial charge in [-0.15, -0.1) is 11.8 Å². The van der Waals surface area contributed by atoms with E-state index in [4.69, 9.17) is 11.6 Å². The molecule has 0 atom stereocenters. The number of sulfonamides is 1. The van der Waals surface area contributed by atoms with E-state index in [-0.39, 0.29) is 36.1 Å². The SMILES string of the molecule is O=C(CCSc1ccc(F)cc1)NCCNS(=O)(=O)c1cccc(Cl)c1. The Morgan fingerprint density at radius 3 is 2.54 bits per heavy atom. The van der Waals surface area contributed by atoms with Gasteiger partial charge in [-0.05, 0) is 42.5 Å². The van der Waals surface area contributed by atoms with Gasteiger partial charge in [0.05, 0.1) is 4.90 Å². The van der Waals surface area contributed by atoms with E-state index in [1.54, 1.807) is 24.3 Å². The first-order valence-electron chi connectivity index (χ1n) is 7.77. The van der Waals surface area contributed by atoms with E-state index in [9.17, 15) is 17.6 Å². The highest BCUT2D eigenvalue weighted by atomic mass is 35.5. The van der Waals surface area contributed by atoms with Crippen LogP contribution in [0, 0.1) is 5.82 Å². The van der Waals surface area contributed by atoms with Gasteiger partial charge in [-0.25, -0.2) is 17.5 Å². The molecular weight excluding hydrogens is 399 g/mol. The Hall–Kier alpha value is -1.61. The van der Waals surface area contributed by atoms with Gasteiger partial charge in [0.15, 0.2) is 0 Å². The fourth-order valence-corrected chi connectivity index (χ4v) is 4.17. The molecule has 26 heavy (non-hydrogen) atoms. The van der Waals surface area contributed by atoms with Crippen molar-refractivity contribution in [2.75, 3.05) is 18.8 Å². The molecule has 0 radical (unpaired) electrons. The lowest BCUT2D eigenvalue weighted by atomic mass is 10.4. The molecule has 0 aliphatic heterocycles. The van der Waals surface area contributed by atoms with Crippen molar-refractivity contribution in [2.45, 2.75) is 16.2 Å². The normalized spacial score (nSPS) is 11.3. The fraction of sp³-hybridized carbons (Fsp3) is 0.235. The molecule has 9 heteroatoms. The maximum atomic E-state index is 12.8. The van der Waals surface area contributed by atoms with Crippen LogP contribution in [0.25, 0.3) is 0 Å². The number of nitrogens with one attached hydrogen (secondary N) is 2. The van der Waals surface area contributed by atoms with Crippen molar-refractivity contribution in [1.82, 2.24) is 10.0 Å². The predicted octanol–water partition coefficient (Wildman–Crippen LogP) is 3.06. The molecule has 2 rings (SSSR count). The zero-order valence-electron chi connectivity index (χ0n) is 13.7. The van der Waals surface area contributed by atoms with Gasteiger partial charge in [0.2, 0.25) is 15.9 Å². The number of halogens is 2. The molecule has 0 heterocycles. The van der Waals surface area contributed by atoms with Gasteiger partial charge < -0.3 is 5.32 Å². The minimum atomic E-state index is -3.66. The van der Waals surface area contributed by atoms with Gasteiger partial charge in [-0.1, -0.05) is 17.7 Å². The van der Waals surface area contributed by atoms with Gasteiger partial charge in [-0.2, -0.15) is 0 Å². The maximum Gasteiger partial charge on any atom is 0.240 e. The number of hydrogen-bond donors (Lipinski definition) is 2. The fourth-order valence-electron chi connectivity index (χ4n) is 1.99. The number of rotatable bonds is 9. The molecule has 0 bridgehead atoms. The summed E-state index contributed by atoms with van der Waals surface area (Å²) in [5.41, 5.74) is 0. The third kappa shape index (κ3) is 6.95. The van der Waals surface area contributed by atoms with Crippen LogP contribution in [0.3, 0.4) is 0 Å². The predicted molar refractivity (Wildman–Crippen MR) is 101 cm³/mol. The van der Waals surface area contributed by atoms with Crippen LogP contribution in [-0.4, -0.2) is 33.2 Å². The maximum absolute atomic E-state index is 12.8. The number of benzene rings is 2. The summed E-state index contributed by atoms with van der Waals surface area (Å²) in [7, 11) is -3.66. The van der Waals surface area contributed by atoms with E-state index >= 15 is 0 Å². The molecule has 0 saturated carbocycles. The molecule has 0 saturated heterocycles. The van der Waals surface area contributed by atoms with Crippen molar-refractivity contribution in [3.05, 3.63) is 59.4 Å². The summed E-state index contributed by atoms with van der Waals surface area (Å²) in [6.45, 7) is 0.255. The van der Waals surface area contributed by atoms with E-state index in [0.29, 0.717) is 10.8 Å². The quantitative estimate of drug-likeness (QED) is 0.486. The molecular formula is C17H18ClFN2O3S2. The summed E-state index contributed by atoms with van der Waals surface area (Å²) >= 11 is 7.23. The first-order valence-corrected chi connectivity index (χ1v) is 10.6. The molecule has 2 aromatic rings. The molecule has 0 aliphatic carbocycles. The van der Waals surface area contributed by atoms with E-state index in [2.05, 4.69) is 10.0 Å². The largest absolute Gasteiger partial charge is 0.355 e. The highest BCUT2D eigenvalue weighted by Gasteiger charge is 2.13. The van der Waals surface area contributed by atoms with Crippen molar-refractivity contribution in [1.29, 1.82) is 0 Å². The molecule has 0 unspecified atom stereocenters. The summed E-state index contributed by atoms with van der Waals surface area (Å²) in [6, 6.07) is 12.0. The lowest BCUT2D eigenvalue weighted by Crippen LogP contribution is -2.34. The number of carbonyl (C=O) groups is 1. The van der Waals surface area contributed by atoms with Crippen molar-refractivity contribution in [3.8, 4) is 0 Å². The average Bonchev–Trinajstić information content (AvgIpc) is 2.60. The summed E-state index contributed by atoms with van der Waals surface area (Å²) < 4.78 is 39.3. The van der Waals surface area contributed by atoms with Gasteiger partial charge in [0, 0.05) is 35.2 Å². The first kappa shape index (κ1) is 20.7. The van der Waals surface area contributed by atoms with Crippen LogP contribution in [-0.2, 0) is 14.8 Å². The summed E-state index contributed by atoms with van der Waals surface area (Å²) in [6.07, 6.45) is 0.281. The molecule has 5 nitrogen and oxygen atoms in total. The standard InChI is InChI=1S/C17H18ClFN2O3S2/c18-13-2-1-3-16(12-13)26(23,24)21-10-9-20-17(22)8-11-25-15-6-4-14(19)5-7-15/h1-7,12,21H,8-11H2,(H,20,22). The molecule has 2 aromatic carbocycles. The minimum Gasteiger partial charge on any atom is -0.355 e. The zero-order chi connectivity index (χ0) is 19.0. The Kier molecular flexibility index (Phi) is 7.89. The Balaban J connectivity index is 1.66. The highest BCUT2D eigenvalue weighted by Crippen LogP contribution is 2.18. The van der Waals surface area contributed by atoms with Gasteiger partial charge >= 0.3 is 0 Å². The Labute approximate surface area is 161 Å². The number of amides is 1. The molecule has 0 fully saturated rings. The molecule has 140 valence electrons. The van der Waals surface area contributed by atoms with Crippen LogP contribution in [0.15, 0.2) is 58.3 Å². The Bertz CT molecular complexity index is 845. The lowest BCUT2D eigenvalue weighted by Gasteiger charge is -2.08. The Morgan fingerprint density at radius 1 is 1.12 bits per heavy atom. The molecule has 0 aliphatic rings. The van der Waals surface area contributed by atoms with Crippen molar-refractivity contribution in [2.24, 2.45) is 0 Å². The lowest BCUT2D eigenvalue weighted by molar-refractivity contribution is -0.120. The topological polar surface area (TPSA) is 75.3 Å². The van der Waals surface area contributed by atoms with Crippen molar-refractivity contribution >= 4 is 39.3 Å². The van der Waals surface area contributed by atoms with Gasteiger partial charge in [0.1, 0.15) is 5.82 Å². The second-order valence-electron chi connectivity index (χ2n) is 5.26. The van der Waals surface area contributed by atoms with Crippen molar-refractivity contribution in [3.63, 3.8) is 0 Å². The van der Waals surface area contributed by atoms with Crippen LogP contribution in [0.1, 0.15) is 6.42 Å². The third-order valence-corrected chi connectivity index (χ3v) is 5.96. The van der Waals surface area contributed by atoms with Gasteiger partial charge in [0.25, 0.3) is 0 Å². The first-order chi connectivity index (χ1) is 12.4. The zero-order valence-corrected chi connectivity index (χ0v) is 16.1. The van der Waals surface area contributed by atoms with Crippen LogP contribution in [0.4, 0.5) is 4.39 Å². The Morgan fingerprint density at radius 2 is 1.85 bits per heavy atom. The number of carbonyl (C=O) groups excluding carboxylic acids is 1. The summed E-state index contributed by atoms with van der Waals surface area (Å²) in [5, 5.41) is 2.98. The van der Waals surface area contributed by atoms with E-state index in [0.717, 1.165) is 4.90 Å². The van der Waals surface area contributed by atoms with E-state index in [1.165, 1.54) is 36.0 Å². The van der Waals surface area contributed by atoms with Crippen LogP contribution in [0.5, 0.6) is 0 Å². The molecule has 0 aromatic heterocycles. The highest BCUT2D eigenvalue weighted by molar-refractivity contribution is 7.99. The van der Waals surface area contributed by atoms with Crippen LogP contribution < -0.4 is 10.0 Å². The monoisotopic (exact) mass is 416 g/mol. The molecule has 2 N–H and O–H groups in total. The second-order valence-corrected chi connectivity index (χ2v) is 8.63. The third-order valence-electron chi connectivity index (χ3n) is 3.26. The minimum absolute atomic E-state index is 0.0751. The van der Waals surface area contributed by atoms with Crippen LogP contribution in [0.2, 0.25) is 5.02 Å². The van der Waals surface area contributed by atoms with Crippen molar-refractivity contribution < 1.29 is 17.6 Å². The number of hydrogen-bond acceptors (Lipinski definition) is 4. The van der Waals surface area contributed by atoms with E-state index < -0.39 is 10.0 Å².